The highest BCUT2D eigenvalue weighted by Gasteiger charge is 2.50. The van der Waals surface area contributed by atoms with Gasteiger partial charge in [0.2, 0.25) is 5.78 Å². The van der Waals surface area contributed by atoms with Gasteiger partial charge in [-0.15, -0.1) is 6.58 Å². The highest BCUT2D eigenvalue weighted by molar-refractivity contribution is 6.04. The van der Waals surface area contributed by atoms with E-state index in [9.17, 15) is 9.59 Å². The van der Waals surface area contributed by atoms with Gasteiger partial charge in [0.05, 0.1) is 14.2 Å². The van der Waals surface area contributed by atoms with E-state index >= 15 is 0 Å². The fourth-order valence-corrected chi connectivity index (χ4v) is 2.64. The Kier molecular flexibility index (Phi) is 3.57. The molecular formula is C14H17NO4. The Morgan fingerprint density at radius 3 is 2.84 bits per heavy atom. The number of carbonyl (C=O) groups excluding carboxylic acids is 2. The molecule has 0 saturated carbocycles. The molecule has 0 bridgehead atoms. The summed E-state index contributed by atoms with van der Waals surface area (Å²) in [4.78, 5) is 29.1. The highest BCUT2D eigenvalue weighted by atomic mass is 16.7. The van der Waals surface area contributed by atoms with Crippen molar-refractivity contribution in [2.24, 2.45) is 5.92 Å². The van der Waals surface area contributed by atoms with E-state index in [2.05, 4.69) is 6.58 Å². The maximum absolute atomic E-state index is 12.2. The molecule has 1 spiro atoms. The van der Waals surface area contributed by atoms with Crippen LogP contribution in [0.4, 0.5) is 0 Å². The molecule has 0 radical (unpaired) electrons. The van der Waals surface area contributed by atoms with Gasteiger partial charge in [-0.25, -0.2) is 5.06 Å². The summed E-state index contributed by atoms with van der Waals surface area (Å²) in [5.74, 6) is -0.266. The number of methoxy groups -OCH3 is 1. The van der Waals surface area contributed by atoms with Gasteiger partial charge in [-0.3, -0.25) is 14.4 Å². The number of hydroxylamine groups is 2. The average Bonchev–Trinajstić information content (AvgIpc) is 2.66. The van der Waals surface area contributed by atoms with E-state index < -0.39 is 5.54 Å². The second kappa shape index (κ2) is 5.01. The lowest BCUT2D eigenvalue weighted by atomic mass is 9.87. The number of ether oxygens (including phenoxy) is 1. The molecule has 1 amide bonds. The van der Waals surface area contributed by atoms with E-state index in [-0.39, 0.29) is 23.4 Å². The second-order valence-corrected chi connectivity index (χ2v) is 4.64. The quantitative estimate of drug-likeness (QED) is 0.719. The Morgan fingerprint density at radius 1 is 1.53 bits per heavy atom. The van der Waals surface area contributed by atoms with Crippen LogP contribution in [0.3, 0.4) is 0 Å². The summed E-state index contributed by atoms with van der Waals surface area (Å²) in [5, 5.41) is 1.31. The smallest absolute Gasteiger partial charge is 0.250 e. The van der Waals surface area contributed by atoms with E-state index in [0.717, 1.165) is 0 Å². The van der Waals surface area contributed by atoms with Gasteiger partial charge in [0.25, 0.3) is 5.91 Å². The number of hydrogen-bond acceptors (Lipinski definition) is 4. The van der Waals surface area contributed by atoms with Crippen LogP contribution in [0.2, 0.25) is 0 Å². The lowest BCUT2D eigenvalue weighted by Gasteiger charge is -2.32. The van der Waals surface area contributed by atoms with Gasteiger partial charge in [0.15, 0.2) is 5.76 Å². The predicted octanol–water partition coefficient (Wildman–Crippen LogP) is 1.38. The van der Waals surface area contributed by atoms with Crippen molar-refractivity contribution in [3.05, 3.63) is 36.6 Å². The number of hydrogen-bond donors (Lipinski definition) is 0. The average molecular weight is 263 g/mol. The number of carbonyl (C=O) groups is 2. The van der Waals surface area contributed by atoms with Crippen molar-refractivity contribution < 1.29 is 19.2 Å². The Morgan fingerprint density at radius 2 is 2.26 bits per heavy atom. The van der Waals surface area contributed by atoms with Gasteiger partial charge in [0, 0.05) is 5.92 Å². The van der Waals surface area contributed by atoms with Crippen LogP contribution in [0.5, 0.6) is 0 Å². The summed E-state index contributed by atoms with van der Waals surface area (Å²) >= 11 is 0. The van der Waals surface area contributed by atoms with Gasteiger partial charge in [-0.1, -0.05) is 6.08 Å². The van der Waals surface area contributed by atoms with Crippen LogP contribution in [0.25, 0.3) is 0 Å². The monoisotopic (exact) mass is 263 g/mol. The number of rotatable bonds is 4. The van der Waals surface area contributed by atoms with Gasteiger partial charge in [-0.05, 0) is 31.1 Å². The first-order chi connectivity index (χ1) is 9.07. The van der Waals surface area contributed by atoms with Crippen molar-refractivity contribution in [2.75, 3.05) is 14.2 Å². The maximum atomic E-state index is 12.2. The van der Waals surface area contributed by atoms with Crippen molar-refractivity contribution >= 4 is 11.7 Å². The number of nitrogens with zero attached hydrogens (tertiary/aromatic N) is 1. The molecule has 0 aromatic heterocycles. The molecule has 1 heterocycles. The molecule has 2 atom stereocenters. The Bertz CT molecular complexity index is 480. The first-order valence-corrected chi connectivity index (χ1v) is 6.07. The zero-order chi connectivity index (χ0) is 14.0. The lowest BCUT2D eigenvalue weighted by molar-refractivity contribution is -0.184. The largest absolute Gasteiger partial charge is 0.493 e. The number of allylic oxidation sites excluding steroid dienone is 2. The van der Waals surface area contributed by atoms with Crippen molar-refractivity contribution in [1.29, 1.82) is 0 Å². The fraction of sp³-hybridized carbons (Fsp3) is 0.429. The summed E-state index contributed by atoms with van der Waals surface area (Å²) in [6.07, 6.45) is 7.62. The van der Waals surface area contributed by atoms with Crippen LogP contribution >= 0.6 is 0 Å². The molecule has 5 nitrogen and oxygen atoms in total. The molecule has 5 heteroatoms. The number of ketones is 1. The fourth-order valence-electron chi connectivity index (χ4n) is 2.64. The Balaban J connectivity index is 2.39. The summed E-state index contributed by atoms with van der Waals surface area (Å²) in [6.45, 7) is 3.66. The molecule has 2 rings (SSSR count). The predicted molar refractivity (Wildman–Crippen MR) is 68.7 cm³/mol. The molecule has 0 aromatic rings. The van der Waals surface area contributed by atoms with Crippen molar-refractivity contribution in [3.8, 4) is 0 Å². The van der Waals surface area contributed by atoms with E-state index in [1.54, 1.807) is 18.2 Å². The molecule has 1 aliphatic heterocycles. The SMILES string of the molecule is C=CCC1CC2(C=CC(=O)C(OC)=C2)N(OC)C1=O. The molecule has 102 valence electrons. The summed E-state index contributed by atoms with van der Waals surface area (Å²) in [6, 6.07) is 0. The minimum absolute atomic E-state index is 0.104. The number of amides is 1. The first-order valence-electron chi connectivity index (χ1n) is 6.07. The summed E-state index contributed by atoms with van der Waals surface area (Å²) in [7, 11) is 2.88. The second-order valence-electron chi connectivity index (χ2n) is 4.64. The minimum Gasteiger partial charge on any atom is -0.493 e. The minimum atomic E-state index is -0.737. The third-order valence-electron chi connectivity index (χ3n) is 3.50. The topological polar surface area (TPSA) is 55.8 Å². The molecule has 19 heavy (non-hydrogen) atoms. The Labute approximate surface area is 112 Å². The zero-order valence-corrected chi connectivity index (χ0v) is 11.1. The molecule has 0 N–H and O–H groups in total. The van der Waals surface area contributed by atoms with Crippen molar-refractivity contribution in [3.63, 3.8) is 0 Å². The van der Waals surface area contributed by atoms with E-state index in [0.29, 0.717) is 12.8 Å². The van der Waals surface area contributed by atoms with Gasteiger partial charge < -0.3 is 4.74 Å². The van der Waals surface area contributed by atoms with Crippen LogP contribution < -0.4 is 0 Å². The van der Waals surface area contributed by atoms with Crippen LogP contribution in [0.15, 0.2) is 36.6 Å². The van der Waals surface area contributed by atoms with Crippen LogP contribution in [0.1, 0.15) is 12.8 Å². The maximum Gasteiger partial charge on any atom is 0.250 e. The van der Waals surface area contributed by atoms with Crippen molar-refractivity contribution in [2.45, 2.75) is 18.4 Å². The van der Waals surface area contributed by atoms with Crippen LogP contribution in [0, 0.1) is 5.92 Å². The standard InChI is InChI=1S/C14H17NO4/c1-4-5-10-8-14(15(19-3)13(10)17)7-6-11(16)12(9-14)18-2/h4,6-7,9-10H,1,5,8H2,2-3H3. The van der Waals surface area contributed by atoms with E-state index in [1.165, 1.54) is 25.4 Å². The lowest BCUT2D eigenvalue weighted by Crippen LogP contribution is -2.44. The van der Waals surface area contributed by atoms with Crippen LogP contribution in [-0.4, -0.2) is 36.5 Å². The molecule has 1 fully saturated rings. The van der Waals surface area contributed by atoms with Crippen molar-refractivity contribution in [1.82, 2.24) is 5.06 Å². The molecule has 0 aromatic carbocycles. The third kappa shape index (κ3) is 2.10. The van der Waals surface area contributed by atoms with E-state index in [4.69, 9.17) is 9.57 Å². The third-order valence-corrected chi connectivity index (χ3v) is 3.50. The first kappa shape index (κ1) is 13.5. The molecule has 2 aliphatic rings. The molecule has 1 aliphatic carbocycles. The molecular weight excluding hydrogens is 246 g/mol. The van der Waals surface area contributed by atoms with Gasteiger partial charge in [0.1, 0.15) is 5.54 Å². The zero-order valence-electron chi connectivity index (χ0n) is 11.1. The summed E-state index contributed by atoms with van der Waals surface area (Å²) in [5.41, 5.74) is -0.737. The summed E-state index contributed by atoms with van der Waals surface area (Å²) < 4.78 is 5.06. The van der Waals surface area contributed by atoms with Gasteiger partial charge in [-0.2, -0.15) is 0 Å². The van der Waals surface area contributed by atoms with Gasteiger partial charge >= 0.3 is 0 Å². The normalized spacial score (nSPS) is 29.9. The van der Waals surface area contributed by atoms with E-state index in [1.807, 2.05) is 0 Å². The molecule has 2 unspecified atom stereocenters. The van der Waals surface area contributed by atoms with Crippen LogP contribution in [-0.2, 0) is 19.2 Å². The highest BCUT2D eigenvalue weighted by Crippen LogP contribution is 2.40. The Hall–Kier alpha value is -1.88. The molecule has 1 saturated heterocycles.